The van der Waals surface area contributed by atoms with Crippen LogP contribution in [-0.2, 0) is 6.54 Å². The predicted octanol–water partition coefficient (Wildman–Crippen LogP) is 2.00. The van der Waals surface area contributed by atoms with Gasteiger partial charge in [0.25, 0.3) is 0 Å². The second-order valence-electron chi connectivity index (χ2n) is 3.69. The van der Waals surface area contributed by atoms with Gasteiger partial charge < -0.3 is 9.73 Å². The zero-order chi connectivity index (χ0) is 11.5. The Morgan fingerprint density at radius 2 is 1.88 bits per heavy atom. The largest absolute Gasteiger partial charge is 0.444 e. The zero-order valence-corrected chi connectivity index (χ0v) is 9.61. The number of aryl methyl sites for hydroxylation is 3. The number of hydrogen-bond acceptors (Lipinski definition) is 5. The van der Waals surface area contributed by atoms with Gasteiger partial charge in [-0.15, -0.1) is 0 Å². The highest BCUT2D eigenvalue weighted by Gasteiger charge is 2.05. The summed E-state index contributed by atoms with van der Waals surface area (Å²) in [5, 5.41) is 3.05. The minimum Gasteiger partial charge on any atom is -0.444 e. The van der Waals surface area contributed by atoms with Crippen molar-refractivity contribution < 1.29 is 4.42 Å². The average molecular weight is 218 g/mol. The van der Waals surface area contributed by atoms with Gasteiger partial charge in [-0.25, -0.2) is 15.0 Å². The number of nitrogens with one attached hydrogen (secondary N) is 1. The molecule has 0 radical (unpaired) electrons. The molecule has 0 saturated heterocycles. The van der Waals surface area contributed by atoms with Crippen LogP contribution >= 0.6 is 0 Å². The normalized spacial score (nSPS) is 10.4. The number of aromatic nitrogens is 3. The Morgan fingerprint density at radius 1 is 1.19 bits per heavy atom. The fraction of sp³-hybridized carbons (Fsp3) is 0.364. The third-order valence-electron chi connectivity index (χ3n) is 2.25. The summed E-state index contributed by atoms with van der Waals surface area (Å²) in [6, 6.07) is 0. The van der Waals surface area contributed by atoms with Crippen molar-refractivity contribution in [1.82, 2.24) is 15.0 Å². The van der Waals surface area contributed by atoms with Crippen LogP contribution in [0.4, 0.5) is 5.95 Å². The van der Waals surface area contributed by atoms with E-state index in [1.807, 2.05) is 20.8 Å². The smallest absolute Gasteiger partial charge is 0.223 e. The fourth-order valence-corrected chi connectivity index (χ4v) is 1.25. The average Bonchev–Trinajstić information content (AvgIpc) is 2.58. The molecule has 0 unspecified atom stereocenters. The van der Waals surface area contributed by atoms with Gasteiger partial charge in [-0.05, 0) is 26.3 Å². The van der Waals surface area contributed by atoms with Crippen molar-refractivity contribution in [3.63, 3.8) is 0 Å². The molecule has 0 aliphatic rings. The Morgan fingerprint density at radius 3 is 2.44 bits per heavy atom. The highest BCUT2D eigenvalue weighted by molar-refractivity contribution is 5.24. The van der Waals surface area contributed by atoms with Crippen molar-refractivity contribution in [2.75, 3.05) is 5.32 Å². The maximum atomic E-state index is 5.43. The molecule has 5 nitrogen and oxygen atoms in total. The predicted molar refractivity (Wildman–Crippen MR) is 60.1 cm³/mol. The molecule has 16 heavy (non-hydrogen) atoms. The van der Waals surface area contributed by atoms with Crippen molar-refractivity contribution >= 4 is 5.95 Å². The Kier molecular flexibility index (Phi) is 2.85. The van der Waals surface area contributed by atoms with Crippen molar-refractivity contribution in [2.45, 2.75) is 27.3 Å². The van der Waals surface area contributed by atoms with Gasteiger partial charge in [0.1, 0.15) is 5.76 Å². The van der Waals surface area contributed by atoms with Crippen LogP contribution in [0.15, 0.2) is 16.8 Å². The van der Waals surface area contributed by atoms with E-state index in [1.54, 1.807) is 12.4 Å². The minimum absolute atomic E-state index is 0.498. The van der Waals surface area contributed by atoms with E-state index in [2.05, 4.69) is 20.3 Å². The summed E-state index contributed by atoms with van der Waals surface area (Å²) in [5.41, 5.74) is 1.95. The first kappa shape index (κ1) is 10.6. The van der Waals surface area contributed by atoms with E-state index >= 15 is 0 Å². The topological polar surface area (TPSA) is 63.8 Å². The molecule has 0 bridgehead atoms. The lowest BCUT2D eigenvalue weighted by atomic mass is 10.4. The third-order valence-corrected chi connectivity index (χ3v) is 2.25. The van der Waals surface area contributed by atoms with Gasteiger partial charge in [-0.1, -0.05) is 0 Å². The van der Waals surface area contributed by atoms with E-state index in [4.69, 9.17) is 4.42 Å². The molecule has 2 aromatic heterocycles. The van der Waals surface area contributed by atoms with Crippen LogP contribution in [-0.4, -0.2) is 15.0 Å². The summed E-state index contributed by atoms with van der Waals surface area (Å²) in [6.45, 7) is 6.27. The van der Waals surface area contributed by atoms with Gasteiger partial charge >= 0.3 is 0 Å². The third kappa shape index (κ3) is 2.36. The van der Waals surface area contributed by atoms with Gasteiger partial charge in [0, 0.05) is 12.4 Å². The lowest BCUT2D eigenvalue weighted by molar-refractivity contribution is 0.478. The zero-order valence-electron chi connectivity index (χ0n) is 9.61. The fourth-order valence-electron chi connectivity index (χ4n) is 1.25. The van der Waals surface area contributed by atoms with E-state index < -0.39 is 0 Å². The molecule has 2 rings (SSSR count). The summed E-state index contributed by atoms with van der Waals surface area (Å²) in [4.78, 5) is 12.5. The van der Waals surface area contributed by atoms with Crippen LogP contribution in [0, 0.1) is 20.8 Å². The summed E-state index contributed by atoms with van der Waals surface area (Å²) in [7, 11) is 0. The van der Waals surface area contributed by atoms with Crippen molar-refractivity contribution in [3.8, 4) is 0 Å². The summed E-state index contributed by atoms with van der Waals surface area (Å²) in [6.07, 6.45) is 3.53. The first-order chi connectivity index (χ1) is 7.65. The van der Waals surface area contributed by atoms with E-state index in [0.717, 1.165) is 17.0 Å². The molecule has 0 aromatic carbocycles. The lowest BCUT2D eigenvalue weighted by Gasteiger charge is -2.00. The van der Waals surface area contributed by atoms with Crippen LogP contribution in [0.1, 0.15) is 22.9 Å². The monoisotopic (exact) mass is 218 g/mol. The van der Waals surface area contributed by atoms with Crippen molar-refractivity contribution in [1.29, 1.82) is 0 Å². The summed E-state index contributed by atoms with van der Waals surface area (Å²) >= 11 is 0. The maximum absolute atomic E-state index is 5.43. The van der Waals surface area contributed by atoms with Crippen molar-refractivity contribution in [3.05, 3.63) is 35.3 Å². The van der Waals surface area contributed by atoms with Gasteiger partial charge in [0.2, 0.25) is 11.8 Å². The number of hydrogen-bond donors (Lipinski definition) is 1. The Balaban J connectivity index is 1.99. The number of rotatable bonds is 3. The number of oxazole rings is 1. The molecule has 0 atom stereocenters. The molecule has 2 heterocycles. The molecule has 0 spiro atoms. The molecule has 0 saturated carbocycles. The molecule has 0 fully saturated rings. The van der Waals surface area contributed by atoms with E-state index in [0.29, 0.717) is 18.4 Å². The molecule has 1 N–H and O–H groups in total. The molecule has 5 heteroatoms. The number of nitrogens with zero attached hydrogens (tertiary/aromatic N) is 3. The Labute approximate surface area is 94.0 Å². The molecule has 0 amide bonds. The highest BCUT2D eigenvalue weighted by Crippen LogP contribution is 2.09. The molecule has 2 aromatic rings. The minimum atomic E-state index is 0.498. The van der Waals surface area contributed by atoms with E-state index in [-0.39, 0.29) is 0 Å². The number of anilines is 1. The standard InChI is InChI=1S/C11H14N4O/c1-7-4-12-11(13-5-7)14-6-10-15-8(2)9(3)16-10/h4-5H,6H2,1-3H3,(H,12,13,14). The SMILES string of the molecule is Cc1cnc(NCc2nc(C)c(C)o2)nc1. The second-order valence-corrected chi connectivity index (χ2v) is 3.69. The van der Waals surface area contributed by atoms with Gasteiger partial charge in [0.05, 0.1) is 12.2 Å². The van der Waals surface area contributed by atoms with E-state index in [1.165, 1.54) is 0 Å². The first-order valence-corrected chi connectivity index (χ1v) is 5.10. The molecular formula is C11H14N4O. The molecule has 84 valence electrons. The van der Waals surface area contributed by atoms with Gasteiger partial charge in [0.15, 0.2) is 0 Å². The maximum Gasteiger partial charge on any atom is 0.223 e. The van der Waals surface area contributed by atoms with Gasteiger partial charge in [-0.2, -0.15) is 0 Å². The van der Waals surface area contributed by atoms with Crippen LogP contribution in [0.5, 0.6) is 0 Å². The van der Waals surface area contributed by atoms with Gasteiger partial charge in [-0.3, -0.25) is 0 Å². The van der Waals surface area contributed by atoms with Crippen LogP contribution in [0.25, 0.3) is 0 Å². The first-order valence-electron chi connectivity index (χ1n) is 5.10. The Hall–Kier alpha value is -1.91. The highest BCUT2D eigenvalue weighted by atomic mass is 16.4. The van der Waals surface area contributed by atoms with Crippen LogP contribution in [0.2, 0.25) is 0 Å². The quantitative estimate of drug-likeness (QED) is 0.853. The van der Waals surface area contributed by atoms with E-state index in [9.17, 15) is 0 Å². The summed E-state index contributed by atoms with van der Waals surface area (Å²) in [5.74, 6) is 2.08. The summed E-state index contributed by atoms with van der Waals surface area (Å²) < 4.78 is 5.43. The molecule has 0 aliphatic carbocycles. The second kappa shape index (κ2) is 4.30. The lowest BCUT2D eigenvalue weighted by Crippen LogP contribution is -2.03. The van der Waals surface area contributed by atoms with Crippen molar-refractivity contribution in [2.24, 2.45) is 0 Å². The van der Waals surface area contributed by atoms with Crippen LogP contribution in [0.3, 0.4) is 0 Å². The molecular weight excluding hydrogens is 204 g/mol. The Bertz CT molecular complexity index is 456. The molecule has 0 aliphatic heterocycles. The van der Waals surface area contributed by atoms with Crippen LogP contribution < -0.4 is 5.32 Å².